The number of anilines is 2. The Balaban J connectivity index is 0.702. The zero-order chi connectivity index (χ0) is 56.4. The fourth-order valence-electron chi connectivity index (χ4n) is 10.8. The van der Waals surface area contributed by atoms with Crippen LogP contribution < -0.4 is 19.4 Å². The Morgan fingerprint density at radius 1 is 0.975 bits per heavy atom. The van der Waals surface area contributed by atoms with Gasteiger partial charge in [-0.05, 0) is 77.9 Å². The van der Waals surface area contributed by atoms with Gasteiger partial charge in [-0.1, -0.05) is 50.2 Å². The van der Waals surface area contributed by atoms with Crippen molar-refractivity contribution in [2.75, 3.05) is 74.9 Å². The molecule has 0 bridgehead atoms. The molecular weight excluding hydrogens is 1080 g/mol. The second kappa shape index (κ2) is 24.3. The summed E-state index contributed by atoms with van der Waals surface area (Å²) < 4.78 is 80.1. The minimum Gasteiger partial charge on any atom is -0.475 e. The van der Waals surface area contributed by atoms with Crippen molar-refractivity contribution in [1.82, 2.24) is 40.2 Å². The van der Waals surface area contributed by atoms with E-state index in [9.17, 15) is 37.7 Å². The molecule has 4 aromatic heterocycles. The molecule has 7 aromatic rings. The number of hydrogen-bond donors (Lipinski definition) is 5. The molecule has 3 aliphatic rings. The van der Waals surface area contributed by atoms with Crippen LogP contribution in [0.25, 0.3) is 32.6 Å². The number of likely N-dealkylation sites (tertiary alicyclic amines) is 1. The molecular formula is C56H61F3N10O9S2. The zero-order valence-corrected chi connectivity index (χ0v) is 45.8. The first kappa shape index (κ1) is 56.2. The van der Waals surface area contributed by atoms with Crippen LogP contribution in [0.5, 0.6) is 5.88 Å². The number of β-amino-alcohol motifs (C(OH)–C–C–N with tert-alkyl or cyclic N) is 1. The van der Waals surface area contributed by atoms with Gasteiger partial charge in [0.25, 0.3) is 17.1 Å². The molecule has 0 radical (unpaired) electrons. The second-order valence-corrected chi connectivity index (χ2v) is 22.3. The number of hydrazine groups is 1. The maximum atomic E-state index is 16.1. The van der Waals surface area contributed by atoms with Crippen LogP contribution in [0.4, 0.5) is 24.5 Å². The molecule has 3 aromatic carbocycles. The number of nitrogens with one attached hydrogen (secondary N) is 2. The monoisotopic (exact) mass is 1140 g/mol. The largest absolute Gasteiger partial charge is 0.475 e. The summed E-state index contributed by atoms with van der Waals surface area (Å²) in [6.45, 7) is 9.30. The molecule has 6 atom stereocenters. The fraction of sp³-hybridized carbons (Fsp3) is 0.393. The number of thiazole rings is 1. The van der Waals surface area contributed by atoms with E-state index in [0.29, 0.717) is 39.6 Å². The number of hydrogen-bond acceptors (Lipinski definition) is 15. The number of ketones is 1. The molecule has 3 fully saturated rings. The highest BCUT2D eigenvalue weighted by Crippen LogP contribution is 2.36. The predicted molar refractivity (Wildman–Crippen MR) is 295 cm³/mol. The van der Waals surface area contributed by atoms with Gasteiger partial charge in [0.15, 0.2) is 11.6 Å². The summed E-state index contributed by atoms with van der Waals surface area (Å²) in [6, 6.07) is 18.8. The van der Waals surface area contributed by atoms with E-state index in [2.05, 4.69) is 35.2 Å². The molecule has 1 unspecified atom stereocenters. The van der Waals surface area contributed by atoms with Gasteiger partial charge in [-0.2, -0.15) is 4.41 Å². The number of pyridine rings is 1. The minimum absolute atomic E-state index is 0.0211. The molecule has 80 heavy (non-hydrogen) atoms. The van der Waals surface area contributed by atoms with Gasteiger partial charge >= 0.3 is 0 Å². The summed E-state index contributed by atoms with van der Waals surface area (Å²) in [5.41, 5.74) is 5.61. The minimum atomic E-state index is -2.84. The van der Waals surface area contributed by atoms with Gasteiger partial charge < -0.3 is 39.6 Å². The molecule has 0 aliphatic carbocycles. The summed E-state index contributed by atoms with van der Waals surface area (Å²) in [5, 5.41) is 29.5. The first-order valence-corrected chi connectivity index (χ1v) is 28.4. The number of piperazine rings is 1. The summed E-state index contributed by atoms with van der Waals surface area (Å²) in [7, 11) is 0. The lowest BCUT2D eigenvalue weighted by Gasteiger charge is -2.36. The number of rotatable bonds is 20. The number of aromatic amines is 1. The van der Waals surface area contributed by atoms with E-state index in [1.54, 1.807) is 23.8 Å². The standard InChI is InChI=1S/C56H61F3N10O9S2/c1-32(2)49(56(74)68-29-40(71)24-46(68)55(73)63-44(30-70)35-5-7-36(8-6-35)53-33(3)62-31-79-53)47-25-48(64-78-47)77-22-4-16-65-18-20-66(21-19-65)39-11-9-34(10-12-39)37-23-41-42(27-61-54(41)60-26-37)52(72)50-43(58)13-14-45(51(50)59)69(80(75)76)67-17-15-38(57)28-67/h5-14,23,25-27,31-32,38,40,44,46,49,70-71H,4,15-22,24,28-30H2,1-3H3,(H,60,61)(H,63,73)(H,75,76)/t38-,40-,44+,46+,49+/m1/s1. The molecule has 422 valence electrons. The van der Waals surface area contributed by atoms with Crippen molar-refractivity contribution >= 4 is 62.6 Å². The second-order valence-electron chi connectivity index (χ2n) is 20.6. The first-order chi connectivity index (χ1) is 38.6. The number of ether oxygens (including phenoxy) is 1. The van der Waals surface area contributed by atoms with Crippen LogP contribution in [0.3, 0.4) is 0 Å². The summed E-state index contributed by atoms with van der Waals surface area (Å²) in [6.07, 6.45) is 1.51. The lowest BCUT2D eigenvalue weighted by Crippen LogP contribution is -2.49. The number of H-pyrrole nitrogens is 1. The lowest BCUT2D eigenvalue weighted by atomic mass is 9.91. The molecule has 3 aliphatic heterocycles. The molecule has 19 nitrogen and oxygen atoms in total. The number of aryl methyl sites for hydroxylation is 1. The van der Waals surface area contributed by atoms with Gasteiger partial charge in [-0.15, -0.1) is 11.3 Å². The average Bonchev–Trinajstić information content (AvgIpc) is 4.49. The smallest absolute Gasteiger partial charge is 0.277 e. The Morgan fingerprint density at radius 2 is 1.73 bits per heavy atom. The van der Waals surface area contributed by atoms with Gasteiger partial charge in [0.2, 0.25) is 17.6 Å². The summed E-state index contributed by atoms with van der Waals surface area (Å²) in [5.74, 6) is -4.94. The molecule has 7 heterocycles. The number of benzene rings is 3. The number of carbonyl (C=O) groups excluding carboxylic acids is 3. The van der Waals surface area contributed by atoms with E-state index in [-0.39, 0.29) is 68.1 Å². The van der Waals surface area contributed by atoms with E-state index in [0.717, 1.165) is 77.3 Å². The van der Waals surface area contributed by atoms with E-state index >= 15 is 8.78 Å². The Bertz CT molecular complexity index is 3370. The Morgan fingerprint density at radius 3 is 2.40 bits per heavy atom. The third-order valence-corrected chi connectivity index (χ3v) is 16.7. The Kier molecular flexibility index (Phi) is 17.1. The van der Waals surface area contributed by atoms with Crippen molar-refractivity contribution in [1.29, 1.82) is 0 Å². The van der Waals surface area contributed by atoms with Crippen molar-refractivity contribution < 1.29 is 55.8 Å². The van der Waals surface area contributed by atoms with Crippen molar-refractivity contribution in [2.24, 2.45) is 5.92 Å². The van der Waals surface area contributed by atoms with Crippen molar-refractivity contribution in [3.8, 4) is 27.4 Å². The zero-order valence-electron chi connectivity index (χ0n) is 44.1. The SMILES string of the molecule is Cc1ncsc1-c1ccc([C@H](CO)NC(=O)[C@@H]2C[C@@H](O)CN2C(=O)[C@H](c2cc(OCCCN3CCN(c4ccc(-c5cnc6[nH]cc(C(=O)c7c(F)ccc(N(N8CC[C@@H](F)C8)S(=O)O)c7F)c6c5)cc4)CC3)no2)C(C)C)cc1. The number of aliphatic hydroxyl groups is 2. The average molecular weight is 1140 g/mol. The van der Waals surface area contributed by atoms with Crippen LogP contribution in [0.15, 0.2) is 95.2 Å². The first-order valence-electron chi connectivity index (χ1n) is 26.4. The lowest BCUT2D eigenvalue weighted by molar-refractivity contribution is -0.141. The number of carbonyl (C=O) groups is 3. The topological polar surface area (TPSA) is 234 Å². The number of nitrogens with zero attached hydrogens (tertiary/aromatic N) is 8. The van der Waals surface area contributed by atoms with Gasteiger partial charge in [-0.3, -0.25) is 23.8 Å². The van der Waals surface area contributed by atoms with E-state index < -0.39 is 76.1 Å². The summed E-state index contributed by atoms with van der Waals surface area (Å²) in [4.78, 5) is 60.7. The van der Waals surface area contributed by atoms with Crippen molar-refractivity contribution in [3.63, 3.8) is 0 Å². The quantitative estimate of drug-likeness (QED) is 0.0288. The van der Waals surface area contributed by atoms with Crippen LogP contribution in [0, 0.1) is 24.5 Å². The molecule has 24 heteroatoms. The molecule has 3 saturated heterocycles. The van der Waals surface area contributed by atoms with Crippen molar-refractivity contribution in [2.45, 2.75) is 70.3 Å². The van der Waals surface area contributed by atoms with Crippen LogP contribution >= 0.6 is 11.3 Å². The van der Waals surface area contributed by atoms with E-state index in [4.69, 9.17) is 9.26 Å². The van der Waals surface area contributed by atoms with Crippen LogP contribution in [0.1, 0.15) is 78.0 Å². The highest BCUT2D eigenvalue weighted by Gasteiger charge is 2.44. The van der Waals surface area contributed by atoms with E-state index in [1.807, 2.05) is 69.3 Å². The Labute approximate surface area is 465 Å². The number of halogens is 3. The maximum Gasteiger partial charge on any atom is 0.277 e. The number of aromatic nitrogens is 4. The molecule has 0 saturated carbocycles. The molecule has 0 spiro atoms. The number of amides is 2. The highest BCUT2D eigenvalue weighted by atomic mass is 32.2. The number of fused-ring (bicyclic) bond motifs is 1. The Hall–Kier alpha value is -7.06. The fourth-order valence-corrected chi connectivity index (χ4v) is 12.3. The molecule has 2 amide bonds. The van der Waals surface area contributed by atoms with Crippen LogP contribution in [0.2, 0.25) is 0 Å². The van der Waals surface area contributed by atoms with Gasteiger partial charge in [-0.25, -0.2) is 32.4 Å². The van der Waals surface area contributed by atoms with E-state index in [1.165, 1.54) is 22.4 Å². The summed E-state index contributed by atoms with van der Waals surface area (Å²) >= 11 is -1.31. The molecule has 10 rings (SSSR count). The van der Waals surface area contributed by atoms with Crippen LogP contribution in [-0.4, -0.2) is 155 Å². The van der Waals surface area contributed by atoms with Gasteiger partial charge in [0.1, 0.15) is 35.3 Å². The van der Waals surface area contributed by atoms with Crippen LogP contribution in [-0.2, 0) is 20.9 Å². The molecule has 5 N–H and O–H groups in total. The normalized spacial score (nSPS) is 19.2. The maximum absolute atomic E-state index is 16.1. The third kappa shape index (κ3) is 11.9. The number of alkyl halides is 1. The van der Waals surface area contributed by atoms with Gasteiger partial charge in [0.05, 0.1) is 53.5 Å². The predicted octanol–water partition coefficient (Wildman–Crippen LogP) is 7.20. The number of aliphatic hydroxyl groups excluding tert-OH is 2. The third-order valence-electron chi connectivity index (χ3n) is 15.0. The van der Waals surface area contributed by atoms with Gasteiger partial charge in [0, 0.05) is 92.9 Å². The van der Waals surface area contributed by atoms with Crippen molar-refractivity contribution in [3.05, 3.63) is 130 Å². The highest BCUT2D eigenvalue weighted by molar-refractivity contribution is 7.80.